The van der Waals surface area contributed by atoms with E-state index < -0.39 is 11.7 Å². The fourth-order valence-corrected chi connectivity index (χ4v) is 3.20. The monoisotopic (exact) mass is 446 g/mol. The molecule has 33 heavy (non-hydrogen) atoms. The molecule has 0 saturated carbocycles. The van der Waals surface area contributed by atoms with Gasteiger partial charge in [-0.1, -0.05) is 19.1 Å². The number of methoxy groups -OCH3 is 1. The number of ether oxygens (including phenoxy) is 2. The molecule has 0 aliphatic heterocycles. The smallest absolute Gasteiger partial charge is 0.336 e. The van der Waals surface area contributed by atoms with E-state index in [9.17, 15) is 9.18 Å². The Labute approximate surface area is 190 Å². The van der Waals surface area contributed by atoms with Gasteiger partial charge in [-0.3, -0.25) is 4.79 Å². The molecule has 0 fully saturated rings. The number of rotatable bonds is 8. The number of aromatic nitrogens is 3. The number of anilines is 1. The van der Waals surface area contributed by atoms with Gasteiger partial charge in [-0.15, -0.1) is 5.10 Å². The van der Waals surface area contributed by atoms with E-state index in [1.807, 2.05) is 37.3 Å². The first-order valence-electron chi connectivity index (χ1n) is 10.5. The summed E-state index contributed by atoms with van der Waals surface area (Å²) < 4.78 is 26.0. The number of amides is 1. The fraction of sp³-hybridized carbons (Fsp3) is 0.160. The van der Waals surface area contributed by atoms with Gasteiger partial charge in [0.1, 0.15) is 11.6 Å². The third kappa shape index (κ3) is 5.17. The van der Waals surface area contributed by atoms with Gasteiger partial charge in [0.05, 0.1) is 19.4 Å². The van der Waals surface area contributed by atoms with Gasteiger partial charge < -0.3 is 14.8 Å². The molecule has 7 nitrogen and oxygen atoms in total. The predicted molar refractivity (Wildman–Crippen MR) is 123 cm³/mol. The molecule has 0 atom stereocenters. The number of nitrogens with one attached hydrogen (secondary N) is 1. The number of hydrogen-bond acceptors (Lipinski definition) is 5. The highest BCUT2D eigenvalue weighted by atomic mass is 19.1. The Morgan fingerprint density at radius 1 is 1.06 bits per heavy atom. The highest BCUT2D eigenvalue weighted by Crippen LogP contribution is 2.27. The minimum atomic E-state index is -0.470. The number of halogens is 1. The molecule has 4 rings (SSSR count). The minimum absolute atomic E-state index is 0.232. The Kier molecular flexibility index (Phi) is 6.64. The van der Waals surface area contributed by atoms with E-state index >= 15 is 0 Å². The average Bonchev–Trinajstić information content (AvgIpc) is 3.27. The molecule has 0 saturated heterocycles. The van der Waals surface area contributed by atoms with Crippen molar-refractivity contribution in [1.82, 2.24) is 14.8 Å². The molecule has 0 aliphatic rings. The minimum Gasteiger partial charge on any atom is -0.497 e. The summed E-state index contributed by atoms with van der Waals surface area (Å²) >= 11 is 0. The van der Waals surface area contributed by atoms with Crippen molar-refractivity contribution in [3.63, 3.8) is 0 Å². The Morgan fingerprint density at radius 2 is 1.85 bits per heavy atom. The lowest BCUT2D eigenvalue weighted by atomic mass is 10.2. The van der Waals surface area contributed by atoms with E-state index in [0.717, 1.165) is 17.7 Å². The van der Waals surface area contributed by atoms with E-state index in [-0.39, 0.29) is 11.6 Å². The van der Waals surface area contributed by atoms with E-state index in [2.05, 4.69) is 15.4 Å². The second-order valence-corrected chi connectivity index (χ2v) is 7.22. The molecular formula is C25H23FN4O3. The van der Waals surface area contributed by atoms with Gasteiger partial charge in [0.25, 0.3) is 5.91 Å². The molecule has 1 aromatic heterocycles. The first-order valence-corrected chi connectivity index (χ1v) is 10.5. The van der Waals surface area contributed by atoms with E-state index in [0.29, 0.717) is 23.8 Å². The summed E-state index contributed by atoms with van der Waals surface area (Å²) in [5.74, 6) is 0.432. The molecule has 0 radical (unpaired) electrons. The zero-order chi connectivity index (χ0) is 23.2. The highest BCUT2D eigenvalue weighted by Gasteiger charge is 2.16. The van der Waals surface area contributed by atoms with Crippen molar-refractivity contribution in [3.8, 4) is 28.8 Å². The van der Waals surface area contributed by atoms with E-state index in [4.69, 9.17) is 9.47 Å². The van der Waals surface area contributed by atoms with Crippen molar-refractivity contribution >= 4 is 11.6 Å². The summed E-state index contributed by atoms with van der Waals surface area (Å²) in [7, 11) is 1.61. The van der Waals surface area contributed by atoms with Crippen LogP contribution in [0.25, 0.3) is 17.1 Å². The lowest BCUT2D eigenvalue weighted by Gasteiger charge is -2.10. The molecule has 0 bridgehead atoms. The first kappa shape index (κ1) is 22.0. The third-order valence-electron chi connectivity index (χ3n) is 4.81. The average molecular weight is 446 g/mol. The molecule has 1 amide bonds. The number of benzene rings is 3. The van der Waals surface area contributed by atoms with E-state index in [1.54, 1.807) is 36.1 Å². The van der Waals surface area contributed by atoms with Gasteiger partial charge in [0, 0.05) is 16.8 Å². The van der Waals surface area contributed by atoms with Crippen molar-refractivity contribution in [2.75, 3.05) is 19.0 Å². The lowest BCUT2D eigenvalue weighted by molar-refractivity contribution is 0.102. The Morgan fingerprint density at radius 3 is 2.58 bits per heavy atom. The van der Waals surface area contributed by atoms with Crippen LogP contribution in [0.5, 0.6) is 11.8 Å². The molecule has 0 spiro atoms. The Balaban J connectivity index is 1.67. The van der Waals surface area contributed by atoms with Gasteiger partial charge >= 0.3 is 6.01 Å². The molecule has 1 heterocycles. The topological polar surface area (TPSA) is 78.3 Å². The Hall–Kier alpha value is -4.20. The summed E-state index contributed by atoms with van der Waals surface area (Å²) in [6.07, 6.45) is 0.827. The van der Waals surface area contributed by atoms with Gasteiger partial charge in [0.15, 0.2) is 5.82 Å². The van der Waals surface area contributed by atoms with Crippen LogP contribution in [-0.4, -0.2) is 34.4 Å². The summed E-state index contributed by atoms with van der Waals surface area (Å²) in [5.41, 5.74) is 2.27. The summed E-state index contributed by atoms with van der Waals surface area (Å²) in [6.45, 7) is 2.50. The van der Waals surface area contributed by atoms with Crippen LogP contribution in [0.3, 0.4) is 0 Å². The van der Waals surface area contributed by atoms with Crippen LogP contribution in [0.2, 0.25) is 0 Å². The molecular weight excluding hydrogens is 423 g/mol. The van der Waals surface area contributed by atoms with Crippen LogP contribution in [0, 0.1) is 5.82 Å². The maximum Gasteiger partial charge on any atom is 0.336 e. The molecule has 3 aromatic carbocycles. The Bertz CT molecular complexity index is 1250. The highest BCUT2D eigenvalue weighted by molar-refractivity contribution is 6.04. The van der Waals surface area contributed by atoms with Crippen molar-refractivity contribution in [3.05, 3.63) is 84.2 Å². The van der Waals surface area contributed by atoms with Gasteiger partial charge in [0.2, 0.25) is 0 Å². The van der Waals surface area contributed by atoms with Crippen LogP contribution in [0.4, 0.5) is 10.1 Å². The van der Waals surface area contributed by atoms with Crippen LogP contribution in [0.1, 0.15) is 23.7 Å². The predicted octanol–water partition coefficient (Wildman–Crippen LogP) is 5.12. The van der Waals surface area contributed by atoms with Crippen LogP contribution >= 0.6 is 0 Å². The molecule has 0 unspecified atom stereocenters. The number of nitrogens with zero attached hydrogens (tertiary/aromatic N) is 3. The number of carbonyl (C=O) groups is 1. The second kappa shape index (κ2) is 9.95. The van der Waals surface area contributed by atoms with Crippen LogP contribution in [0.15, 0.2) is 72.8 Å². The van der Waals surface area contributed by atoms with Gasteiger partial charge in [-0.2, -0.15) is 4.98 Å². The van der Waals surface area contributed by atoms with Crippen molar-refractivity contribution in [2.45, 2.75) is 13.3 Å². The fourth-order valence-electron chi connectivity index (χ4n) is 3.20. The maximum absolute atomic E-state index is 13.5. The van der Waals surface area contributed by atoms with Crippen molar-refractivity contribution in [1.29, 1.82) is 0 Å². The largest absolute Gasteiger partial charge is 0.497 e. The zero-order valence-corrected chi connectivity index (χ0v) is 18.3. The standard InChI is InChI=1S/C25H23FN4O3/c1-3-14-33-25-28-23(17-10-12-22(32-2)13-11-17)30(29-25)21-9-5-8-20(16-21)27-24(31)18-6-4-7-19(26)15-18/h4-13,15-16H,3,14H2,1-2H3,(H,27,31). The summed E-state index contributed by atoms with van der Waals surface area (Å²) in [5, 5.41) is 7.31. The molecule has 0 aliphatic carbocycles. The number of hydrogen-bond donors (Lipinski definition) is 1. The maximum atomic E-state index is 13.5. The quantitative estimate of drug-likeness (QED) is 0.406. The van der Waals surface area contributed by atoms with Crippen molar-refractivity contribution < 1.29 is 18.7 Å². The normalized spacial score (nSPS) is 10.6. The zero-order valence-electron chi connectivity index (χ0n) is 18.3. The SMILES string of the molecule is CCCOc1nc(-c2ccc(OC)cc2)n(-c2cccc(NC(=O)c3cccc(F)c3)c2)n1. The molecule has 1 N–H and O–H groups in total. The van der Waals surface area contributed by atoms with Crippen LogP contribution in [-0.2, 0) is 0 Å². The summed E-state index contributed by atoms with van der Waals surface area (Å²) in [4.78, 5) is 17.1. The van der Waals surface area contributed by atoms with Crippen molar-refractivity contribution in [2.24, 2.45) is 0 Å². The third-order valence-corrected chi connectivity index (χ3v) is 4.81. The summed E-state index contributed by atoms with van der Waals surface area (Å²) in [6, 6.07) is 20.4. The second-order valence-electron chi connectivity index (χ2n) is 7.22. The number of carbonyl (C=O) groups excluding carboxylic acids is 1. The van der Waals surface area contributed by atoms with Gasteiger partial charge in [-0.05, 0) is 67.1 Å². The van der Waals surface area contributed by atoms with Gasteiger partial charge in [-0.25, -0.2) is 9.07 Å². The van der Waals surface area contributed by atoms with Crippen LogP contribution < -0.4 is 14.8 Å². The lowest BCUT2D eigenvalue weighted by Crippen LogP contribution is -2.12. The molecule has 8 heteroatoms. The molecule has 168 valence electrons. The first-order chi connectivity index (χ1) is 16.1. The molecule has 4 aromatic rings. The van der Waals surface area contributed by atoms with E-state index in [1.165, 1.54) is 18.2 Å².